The number of rotatable bonds is 1. The first-order chi connectivity index (χ1) is 4.66. The lowest BCUT2D eigenvalue weighted by atomic mass is 10.3. The van der Waals surface area contributed by atoms with E-state index in [-0.39, 0.29) is 0 Å². The summed E-state index contributed by atoms with van der Waals surface area (Å²) in [6.07, 6.45) is 3.71. The maximum atomic E-state index is 5.25. The monoisotopic (exact) mass is 140 g/mol. The summed E-state index contributed by atoms with van der Waals surface area (Å²) in [5.74, 6) is 4.72. The highest BCUT2D eigenvalue weighted by Gasteiger charge is 2.19. The molecule has 4 heteroatoms. The van der Waals surface area contributed by atoms with Crippen LogP contribution in [0.15, 0.2) is 17.3 Å². The first-order valence-electron chi connectivity index (χ1n) is 3.15. The molecular formula is C6H12N4. The van der Waals surface area contributed by atoms with Crippen LogP contribution in [0.4, 0.5) is 0 Å². The molecule has 10 heavy (non-hydrogen) atoms. The quantitative estimate of drug-likeness (QED) is 0.346. The van der Waals surface area contributed by atoms with Crippen LogP contribution in [0.5, 0.6) is 0 Å². The summed E-state index contributed by atoms with van der Waals surface area (Å²) in [7, 11) is 0. The standard InChI is InChI=1S/C6H12N4/c1-5-3-4-8-6(2,9-5)10-7/h3-4,8,10H,7H2,1-2H3. The molecule has 0 saturated carbocycles. The molecule has 0 aliphatic carbocycles. The second-order valence-electron chi connectivity index (χ2n) is 2.45. The number of allylic oxidation sites excluding steroid dienone is 1. The topological polar surface area (TPSA) is 62.4 Å². The highest BCUT2D eigenvalue weighted by atomic mass is 15.4. The molecular weight excluding hydrogens is 128 g/mol. The zero-order valence-electron chi connectivity index (χ0n) is 6.18. The van der Waals surface area contributed by atoms with Gasteiger partial charge in [0.1, 0.15) is 0 Å². The first kappa shape index (κ1) is 7.24. The van der Waals surface area contributed by atoms with Crippen LogP contribution >= 0.6 is 0 Å². The number of hydrogen-bond acceptors (Lipinski definition) is 4. The van der Waals surface area contributed by atoms with Crippen molar-refractivity contribution in [1.82, 2.24) is 10.7 Å². The Morgan fingerprint density at radius 3 is 2.90 bits per heavy atom. The van der Waals surface area contributed by atoms with Crippen LogP contribution in [-0.2, 0) is 0 Å². The van der Waals surface area contributed by atoms with Gasteiger partial charge in [0, 0.05) is 11.9 Å². The minimum absolute atomic E-state index is 0.529. The third kappa shape index (κ3) is 1.34. The van der Waals surface area contributed by atoms with Gasteiger partial charge in [0.25, 0.3) is 0 Å². The van der Waals surface area contributed by atoms with Crippen molar-refractivity contribution in [3.8, 4) is 0 Å². The molecule has 1 rings (SSSR count). The van der Waals surface area contributed by atoms with Gasteiger partial charge in [-0.3, -0.25) is 5.84 Å². The lowest BCUT2D eigenvalue weighted by molar-refractivity contribution is 0.334. The van der Waals surface area contributed by atoms with Crippen LogP contribution < -0.4 is 16.6 Å². The van der Waals surface area contributed by atoms with Crippen molar-refractivity contribution in [2.45, 2.75) is 19.6 Å². The highest BCUT2D eigenvalue weighted by molar-refractivity contribution is 5.93. The molecule has 0 radical (unpaired) electrons. The SMILES string of the molecule is CC1=NC(C)(NN)NC=C1. The Balaban J connectivity index is 2.76. The number of hydrazine groups is 1. The Morgan fingerprint density at radius 2 is 2.50 bits per heavy atom. The Morgan fingerprint density at radius 1 is 1.80 bits per heavy atom. The maximum Gasteiger partial charge on any atom is 0.193 e. The van der Waals surface area contributed by atoms with Gasteiger partial charge in [0.05, 0.1) is 0 Å². The minimum Gasteiger partial charge on any atom is -0.354 e. The lowest BCUT2D eigenvalue weighted by Crippen LogP contribution is -2.55. The number of aliphatic imine (C=N–C) groups is 1. The van der Waals surface area contributed by atoms with Crippen molar-refractivity contribution in [3.05, 3.63) is 12.3 Å². The van der Waals surface area contributed by atoms with E-state index in [1.54, 1.807) is 0 Å². The van der Waals surface area contributed by atoms with E-state index in [0.29, 0.717) is 0 Å². The van der Waals surface area contributed by atoms with E-state index in [1.165, 1.54) is 0 Å². The second kappa shape index (κ2) is 2.40. The maximum absolute atomic E-state index is 5.25. The van der Waals surface area contributed by atoms with Gasteiger partial charge in [-0.1, -0.05) is 0 Å². The largest absolute Gasteiger partial charge is 0.354 e. The highest BCUT2D eigenvalue weighted by Crippen LogP contribution is 2.04. The van der Waals surface area contributed by atoms with E-state index in [9.17, 15) is 0 Å². The summed E-state index contributed by atoms with van der Waals surface area (Å²) in [6, 6.07) is 0. The molecule has 1 heterocycles. The van der Waals surface area contributed by atoms with Crippen molar-refractivity contribution in [2.24, 2.45) is 10.8 Å². The molecule has 1 aliphatic rings. The first-order valence-corrected chi connectivity index (χ1v) is 3.15. The third-order valence-electron chi connectivity index (χ3n) is 1.37. The van der Waals surface area contributed by atoms with Crippen LogP contribution in [0.25, 0.3) is 0 Å². The lowest BCUT2D eigenvalue weighted by Gasteiger charge is -2.27. The number of nitrogens with one attached hydrogen (secondary N) is 2. The fraction of sp³-hybridized carbons (Fsp3) is 0.500. The van der Waals surface area contributed by atoms with Gasteiger partial charge in [0.2, 0.25) is 0 Å². The summed E-state index contributed by atoms with van der Waals surface area (Å²) in [6.45, 7) is 3.78. The Hall–Kier alpha value is -0.870. The predicted molar refractivity (Wildman–Crippen MR) is 41.1 cm³/mol. The van der Waals surface area contributed by atoms with E-state index in [2.05, 4.69) is 15.7 Å². The normalized spacial score (nSPS) is 31.3. The van der Waals surface area contributed by atoms with Gasteiger partial charge < -0.3 is 5.32 Å². The van der Waals surface area contributed by atoms with Crippen molar-refractivity contribution in [3.63, 3.8) is 0 Å². The molecule has 0 aromatic carbocycles. The van der Waals surface area contributed by atoms with Crippen LogP contribution in [0, 0.1) is 0 Å². The molecule has 4 nitrogen and oxygen atoms in total. The minimum atomic E-state index is -0.529. The van der Waals surface area contributed by atoms with Gasteiger partial charge in [-0.15, -0.1) is 0 Å². The molecule has 1 unspecified atom stereocenters. The summed E-state index contributed by atoms with van der Waals surface area (Å²) < 4.78 is 0. The van der Waals surface area contributed by atoms with Gasteiger partial charge >= 0.3 is 0 Å². The van der Waals surface area contributed by atoms with Crippen molar-refractivity contribution >= 4 is 5.71 Å². The molecule has 4 N–H and O–H groups in total. The van der Waals surface area contributed by atoms with Crippen molar-refractivity contribution in [1.29, 1.82) is 0 Å². The summed E-state index contributed by atoms with van der Waals surface area (Å²) in [4.78, 5) is 4.22. The van der Waals surface area contributed by atoms with E-state index in [4.69, 9.17) is 5.84 Å². The molecule has 0 spiro atoms. The number of nitrogens with zero attached hydrogens (tertiary/aromatic N) is 1. The molecule has 0 fully saturated rings. The molecule has 1 atom stereocenters. The smallest absolute Gasteiger partial charge is 0.193 e. The molecule has 1 aliphatic heterocycles. The van der Waals surface area contributed by atoms with Crippen LogP contribution in [0.1, 0.15) is 13.8 Å². The average molecular weight is 140 g/mol. The third-order valence-corrected chi connectivity index (χ3v) is 1.37. The number of nitrogens with two attached hydrogens (primary N) is 1. The fourth-order valence-electron chi connectivity index (χ4n) is 0.821. The van der Waals surface area contributed by atoms with E-state index in [0.717, 1.165) is 5.71 Å². The molecule has 0 aromatic heterocycles. The number of hydrogen-bond donors (Lipinski definition) is 3. The summed E-state index contributed by atoms with van der Waals surface area (Å²) in [5.41, 5.74) is 3.52. The van der Waals surface area contributed by atoms with Crippen molar-refractivity contribution < 1.29 is 0 Å². The Bertz CT molecular complexity index is 184. The van der Waals surface area contributed by atoms with E-state index in [1.807, 2.05) is 26.1 Å². The zero-order chi connectivity index (χ0) is 7.61. The van der Waals surface area contributed by atoms with Crippen LogP contribution in [0.3, 0.4) is 0 Å². The molecule has 56 valence electrons. The fourth-order valence-corrected chi connectivity index (χ4v) is 0.821. The zero-order valence-corrected chi connectivity index (χ0v) is 6.18. The average Bonchev–Trinajstić information content (AvgIpc) is 1.88. The van der Waals surface area contributed by atoms with E-state index >= 15 is 0 Å². The van der Waals surface area contributed by atoms with Gasteiger partial charge in [-0.05, 0) is 19.9 Å². The van der Waals surface area contributed by atoms with E-state index < -0.39 is 5.79 Å². The summed E-state index contributed by atoms with van der Waals surface area (Å²) in [5, 5.41) is 2.97. The van der Waals surface area contributed by atoms with Crippen LogP contribution in [0.2, 0.25) is 0 Å². The molecule has 0 bridgehead atoms. The summed E-state index contributed by atoms with van der Waals surface area (Å²) >= 11 is 0. The molecule has 0 aromatic rings. The van der Waals surface area contributed by atoms with Gasteiger partial charge in [0.15, 0.2) is 5.79 Å². The molecule has 0 saturated heterocycles. The van der Waals surface area contributed by atoms with Crippen molar-refractivity contribution in [2.75, 3.05) is 0 Å². The van der Waals surface area contributed by atoms with Crippen LogP contribution in [-0.4, -0.2) is 11.5 Å². The second-order valence-corrected chi connectivity index (χ2v) is 2.45. The van der Waals surface area contributed by atoms with Gasteiger partial charge in [-0.25, -0.2) is 10.4 Å². The predicted octanol–water partition coefficient (Wildman–Crippen LogP) is -0.299. The molecule has 0 amide bonds. The Kier molecular flexibility index (Phi) is 1.74. The van der Waals surface area contributed by atoms with Gasteiger partial charge in [-0.2, -0.15) is 0 Å². The Labute approximate surface area is 60.2 Å².